The van der Waals surface area contributed by atoms with Crippen molar-refractivity contribution in [2.24, 2.45) is 11.0 Å². The Hall–Kier alpha value is -2.24. The molecule has 0 saturated heterocycles. The molecule has 0 aromatic heterocycles. The monoisotopic (exact) mass is 289 g/mol. The van der Waals surface area contributed by atoms with Gasteiger partial charge in [0.2, 0.25) is 5.91 Å². The molecule has 0 spiro atoms. The van der Waals surface area contributed by atoms with Crippen LogP contribution < -0.4 is 5.43 Å². The molecule has 2 rings (SSSR count). The number of amides is 1. The molecule has 1 atom stereocenters. The fourth-order valence-electron chi connectivity index (χ4n) is 2.43. The van der Waals surface area contributed by atoms with Gasteiger partial charge in [0.1, 0.15) is 0 Å². The van der Waals surface area contributed by atoms with Gasteiger partial charge in [-0.25, -0.2) is 5.43 Å². The topological polar surface area (TPSA) is 84.6 Å². The number of carbonyl (C=O) groups excluding carboxylic acids is 1. The van der Waals surface area contributed by atoms with Crippen molar-refractivity contribution in [2.45, 2.75) is 39.0 Å². The molecule has 0 bridgehead atoms. The molecule has 1 amide bonds. The number of nitrogens with one attached hydrogen (secondary N) is 1. The molecule has 6 heteroatoms. The lowest BCUT2D eigenvalue weighted by Crippen LogP contribution is -2.25. The molecule has 1 aliphatic carbocycles. The number of hydrogen-bond acceptors (Lipinski definition) is 4. The molecule has 1 N–H and O–H groups in total. The first-order chi connectivity index (χ1) is 10.1. The van der Waals surface area contributed by atoms with Gasteiger partial charge in [-0.2, -0.15) is 5.10 Å². The minimum atomic E-state index is -0.458. The number of rotatable bonds is 4. The maximum atomic E-state index is 11.8. The highest BCUT2D eigenvalue weighted by Crippen LogP contribution is 2.20. The summed E-state index contributed by atoms with van der Waals surface area (Å²) >= 11 is 0. The predicted octanol–water partition coefficient (Wildman–Crippen LogP) is 2.82. The van der Waals surface area contributed by atoms with Crippen molar-refractivity contribution >= 4 is 17.3 Å². The van der Waals surface area contributed by atoms with Gasteiger partial charge >= 0.3 is 0 Å². The van der Waals surface area contributed by atoms with E-state index in [1.165, 1.54) is 18.6 Å². The van der Waals surface area contributed by atoms with E-state index in [9.17, 15) is 14.9 Å². The molecule has 0 aliphatic heterocycles. The van der Waals surface area contributed by atoms with E-state index < -0.39 is 4.92 Å². The maximum absolute atomic E-state index is 11.8. The zero-order chi connectivity index (χ0) is 15.2. The first-order valence-corrected chi connectivity index (χ1v) is 7.15. The molecule has 1 fully saturated rings. The lowest BCUT2D eigenvalue weighted by molar-refractivity contribution is -0.384. The quantitative estimate of drug-likeness (QED) is 0.683. The summed E-state index contributed by atoms with van der Waals surface area (Å²) in [7, 11) is 0. The van der Waals surface area contributed by atoms with Gasteiger partial charge in [0, 0.05) is 17.8 Å². The van der Waals surface area contributed by atoms with Gasteiger partial charge in [-0.1, -0.05) is 25.5 Å². The Morgan fingerprint density at radius 3 is 2.71 bits per heavy atom. The highest BCUT2D eigenvalue weighted by atomic mass is 16.6. The average molecular weight is 289 g/mol. The van der Waals surface area contributed by atoms with Crippen LogP contribution in [-0.4, -0.2) is 16.5 Å². The van der Waals surface area contributed by atoms with E-state index in [2.05, 4.69) is 17.5 Å². The molecular weight excluding hydrogens is 270 g/mol. The number of nitro groups is 1. The Balaban J connectivity index is 1.89. The largest absolute Gasteiger partial charge is 0.273 e. The zero-order valence-electron chi connectivity index (χ0n) is 12.0. The Labute approximate surface area is 123 Å². The average Bonchev–Trinajstić information content (AvgIpc) is 2.47. The first-order valence-electron chi connectivity index (χ1n) is 7.15. The molecule has 1 aromatic rings. The van der Waals surface area contributed by atoms with Crippen molar-refractivity contribution in [2.75, 3.05) is 0 Å². The minimum absolute atomic E-state index is 0.0235. The summed E-state index contributed by atoms with van der Waals surface area (Å²) in [4.78, 5) is 21.9. The van der Waals surface area contributed by atoms with Crippen LogP contribution in [0.15, 0.2) is 29.4 Å². The standard InChI is InChI=1S/C15H19N3O3/c1-11-4-2-3-5-14(11)16-17-15(19)10-12-6-8-13(9-7-12)18(20)21/h6-9,11H,2-5,10H2,1H3,(H,17,19)/b16-14+. The summed E-state index contributed by atoms with van der Waals surface area (Å²) in [5.74, 6) is 0.229. The van der Waals surface area contributed by atoms with E-state index in [0.717, 1.165) is 30.5 Å². The second kappa shape index (κ2) is 6.97. The van der Waals surface area contributed by atoms with Gasteiger partial charge in [0.25, 0.3) is 5.69 Å². The SMILES string of the molecule is CC1CCCC/C1=N\NC(=O)Cc1ccc([N+](=O)[O-])cc1. The van der Waals surface area contributed by atoms with Crippen LogP contribution in [0.5, 0.6) is 0 Å². The number of carbonyl (C=O) groups is 1. The summed E-state index contributed by atoms with van der Waals surface area (Å²) in [6.45, 7) is 2.13. The number of hydrazone groups is 1. The normalized spacial score (nSPS) is 20.2. The third kappa shape index (κ3) is 4.37. The molecular formula is C15H19N3O3. The minimum Gasteiger partial charge on any atom is -0.273 e. The van der Waals surface area contributed by atoms with Gasteiger partial charge in [0.05, 0.1) is 11.3 Å². The van der Waals surface area contributed by atoms with Crippen LogP contribution in [0, 0.1) is 16.0 Å². The summed E-state index contributed by atoms with van der Waals surface area (Å²) in [5.41, 5.74) is 4.39. The fraction of sp³-hybridized carbons (Fsp3) is 0.467. The first kappa shape index (κ1) is 15.2. The molecule has 1 saturated carbocycles. The highest BCUT2D eigenvalue weighted by Gasteiger charge is 2.16. The van der Waals surface area contributed by atoms with Gasteiger partial charge in [-0.15, -0.1) is 0 Å². The second-order valence-electron chi connectivity index (χ2n) is 5.39. The Morgan fingerprint density at radius 1 is 1.38 bits per heavy atom. The van der Waals surface area contributed by atoms with E-state index in [-0.39, 0.29) is 18.0 Å². The van der Waals surface area contributed by atoms with E-state index in [1.54, 1.807) is 12.1 Å². The van der Waals surface area contributed by atoms with Gasteiger partial charge in [0.15, 0.2) is 0 Å². The van der Waals surface area contributed by atoms with Crippen molar-refractivity contribution in [1.29, 1.82) is 0 Å². The van der Waals surface area contributed by atoms with Crippen LogP contribution in [0.4, 0.5) is 5.69 Å². The Kier molecular flexibility index (Phi) is 5.03. The molecule has 1 aliphatic rings. The lowest BCUT2D eigenvalue weighted by atomic mass is 9.89. The third-order valence-corrected chi connectivity index (χ3v) is 3.72. The summed E-state index contributed by atoms with van der Waals surface area (Å²) in [5, 5.41) is 14.8. The number of hydrogen-bond donors (Lipinski definition) is 1. The summed E-state index contributed by atoms with van der Waals surface area (Å²) < 4.78 is 0. The molecule has 6 nitrogen and oxygen atoms in total. The van der Waals surface area contributed by atoms with E-state index in [1.807, 2.05) is 0 Å². The number of nitrogens with zero attached hydrogens (tertiary/aromatic N) is 2. The zero-order valence-corrected chi connectivity index (χ0v) is 12.0. The van der Waals surface area contributed by atoms with Crippen LogP contribution in [0.25, 0.3) is 0 Å². The Bertz CT molecular complexity index is 552. The molecule has 0 heterocycles. The van der Waals surface area contributed by atoms with E-state index in [0.29, 0.717) is 5.92 Å². The van der Waals surface area contributed by atoms with E-state index >= 15 is 0 Å². The van der Waals surface area contributed by atoms with Crippen LogP contribution in [0.3, 0.4) is 0 Å². The fourth-order valence-corrected chi connectivity index (χ4v) is 2.43. The van der Waals surface area contributed by atoms with Crippen molar-refractivity contribution < 1.29 is 9.72 Å². The van der Waals surface area contributed by atoms with Gasteiger partial charge < -0.3 is 0 Å². The number of benzene rings is 1. The molecule has 1 unspecified atom stereocenters. The van der Waals surface area contributed by atoms with Crippen LogP contribution in [-0.2, 0) is 11.2 Å². The van der Waals surface area contributed by atoms with Crippen molar-refractivity contribution in [3.63, 3.8) is 0 Å². The van der Waals surface area contributed by atoms with Crippen LogP contribution in [0.2, 0.25) is 0 Å². The van der Waals surface area contributed by atoms with Crippen molar-refractivity contribution in [1.82, 2.24) is 5.43 Å². The van der Waals surface area contributed by atoms with Crippen molar-refractivity contribution in [3.05, 3.63) is 39.9 Å². The van der Waals surface area contributed by atoms with E-state index in [4.69, 9.17) is 0 Å². The number of nitro benzene ring substituents is 1. The van der Waals surface area contributed by atoms with Crippen LogP contribution in [0.1, 0.15) is 38.2 Å². The summed E-state index contributed by atoms with van der Waals surface area (Å²) in [6.07, 6.45) is 4.58. The highest BCUT2D eigenvalue weighted by molar-refractivity contribution is 5.88. The van der Waals surface area contributed by atoms with Gasteiger partial charge in [-0.3, -0.25) is 14.9 Å². The predicted molar refractivity (Wildman–Crippen MR) is 80.0 cm³/mol. The molecule has 0 radical (unpaired) electrons. The second-order valence-corrected chi connectivity index (χ2v) is 5.39. The van der Waals surface area contributed by atoms with Crippen molar-refractivity contribution in [3.8, 4) is 0 Å². The number of non-ortho nitro benzene ring substituents is 1. The summed E-state index contributed by atoms with van der Waals surface area (Å²) in [6, 6.07) is 5.98. The molecule has 112 valence electrons. The lowest BCUT2D eigenvalue weighted by Gasteiger charge is -2.19. The molecule has 1 aromatic carbocycles. The molecule has 21 heavy (non-hydrogen) atoms. The third-order valence-electron chi connectivity index (χ3n) is 3.72. The smallest absolute Gasteiger partial charge is 0.269 e. The van der Waals surface area contributed by atoms with Crippen LogP contribution >= 0.6 is 0 Å². The maximum Gasteiger partial charge on any atom is 0.269 e. The Morgan fingerprint density at radius 2 is 2.10 bits per heavy atom. The van der Waals surface area contributed by atoms with Gasteiger partial charge in [-0.05, 0) is 30.7 Å².